The zero-order valence-corrected chi connectivity index (χ0v) is 8.89. The normalized spacial score (nSPS) is 21.2. The van der Waals surface area contributed by atoms with Gasteiger partial charge in [0.1, 0.15) is 0 Å². The summed E-state index contributed by atoms with van der Waals surface area (Å²) in [6, 6.07) is 0. The molecule has 0 unspecified atom stereocenters. The van der Waals surface area contributed by atoms with Crippen LogP contribution in [0.1, 0.15) is 33.6 Å². The van der Waals surface area contributed by atoms with E-state index in [2.05, 4.69) is 26.1 Å². The van der Waals surface area contributed by atoms with Gasteiger partial charge >= 0.3 is 0 Å². The van der Waals surface area contributed by atoms with Crippen LogP contribution in [0.2, 0.25) is 0 Å². The van der Waals surface area contributed by atoms with Crippen molar-refractivity contribution in [3.05, 3.63) is 0 Å². The summed E-state index contributed by atoms with van der Waals surface area (Å²) >= 11 is 0. The SMILES string of the molecule is CC(C)(C)N1CCCCNCC1=O. The van der Waals surface area contributed by atoms with Gasteiger partial charge in [0.2, 0.25) is 5.91 Å². The largest absolute Gasteiger partial charge is 0.337 e. The quantitative estimate of drug-likeness (QED) is 0.609. The third-order valence-corrected chi connectivity index (χ3v) is 2.37. The summed E-state index contributed by atoms with van der Waals surface area (Å²) in [5, 5.41) is 3.15. The van der Waals surface area contributed by atoms with E-state index in [4.69, 9.17) is 0 Å². The highest BCUT2D eigenvalue weighted by Crippen LogP contribution is 2.15. The molecule has 0 aromatic carbocycles. The van der Waals surface area contributed by atoms with Gasteiger partial charge in [-0.3, -0.25) is 4.79 Å². The third-order valence-electron chi connectivity index (χ3n) is 2.37. The van der Waals surface area contributed by atoms with Crippen LogP contribution in [-0.2, 0) is 4.79 Å². The zero-order chi connectivity index (χ0) is 9.90. The lowest BCUT2D eigenvalue weighted by atomic mass is 10.0. The maximum atomic E-state index is 11.7. The molecule has 1 aliphatic rings. The Morgan fingerprint density at radius 2 is 2.00 bits per heavy atom. The average Bonchev–Trinajstić information content (AvgIpc) is 1.94. The maximum absolute atomic E-state index is 11.7. The van der Waals surface area contributed by atoms with E-state index in [1.807, 2.05) is 4.90 Å². The number of nitrogens with one attached hydrogen (secondary N) is 1. The van der Waals surface area contributed by atoms with E-state index in [1.54, 1.807) is 0 Å². The molecule has 76 valence electrons. The predicted molar refractivity (Wildman–Crippen MR) is 53.6 cm³/mol. The van der Waals surface area contributed by atoms with E-state index in [0.717, 1.165) is 19.5 Å². The van der Waals surface area contributed by atoms with E-state index >= 15 is 0 Å². The summed E-state index contributed by atoms with van der Waals surface area (Å²) in [5.74, 6) is 0.229. The lowest BCUT2D eigenvalue weighted by Gasteiger charge is -2.37. The van der Waals surface area contributed by atoms with Gasteiger partial charge in [-0.1, -0.05) is 0 Å². The van der Waals surface area contributed by atoms with Crippen LogP contribution < -0.4 is 5.32 Å². The average molecular weight is 184 g/mol. The Morgan fingerprint density at radius 3 is 2.62 bits per heavy atom. The molecule has 0 aromatic rings. The van der Waals surface area contributed by atoms with Crippen molar-refractivity contribution in [2.45, 2.75) is 39.2 Å². The zero-order valence-electron chi connectivity index (χ0n) is 8.89. The Bertz CT molecular complexity index is 184. The van der Waals surface area contributed by atoms with E-state index in [9.17, 15) is 4.79 Å². The number of amides is 1. The smallest absolute Gasteiger partial charge is 0.236 e. The molecule has 1 amide bonds. The van der Waals surface area contributed by atoms with Gasteiger partial charge < -0.3 is 10.2 Å². The van der Waals surface area contributed by atoms with E-state index in [0.29, 0.717) is 6.54 Å². The van der Waals surface area contributed by atoms with Gasteiger partial charge in [0.25, 0.3) is 0 Å². The number of nitrogens with zero attached hydrogens (tertiary/aromatic N) is 1. The van der Waals surface area contributed by atoms with Gasteiger partial charge in [0.05, 0.1) is 6.54 Å². The second kappa shape index (κ2) is 4.09. The lowest BCUT2D eigenvalue weighted by molar-refractivity contribution is -0.135. The minimum Gasteiger partial charge on any atom is -0.337 e. The van der Waals surface area contributed by atoms with Gasteiger partial charge in [-0.2, -0.15) is 0 Å². The highest BCUT2D eigenvalue weighted by molar-refractivity contribution is 5.79. The number of carbonyl (C=O) groups is 1. The maximum Gasteiger partial charge on any atom is 0.236 e. The van der Waals surface area contributed by atoms with Crippen molar-refractivity contribution in [1.82, 2.24) is 10.2 Å². The summed E-state index contributed by atoms with van der Waals surface area (Å²) in [5.41, 5.74) is -0.0316. The van der Waals surface area contributed by atoms with E-state index in [1.165, 1.54) is 6.42 Å². The summed E-state index contributed by atoms with van der Waals surface area (Å²) in [6.45, 7) is 8.65. The fourth-order valence-corrected chi connectivity index (χ4v) is 1.64. The van der Waals surface area contributed by atoms with Crippen molar-refractivity contribution in [3.8, 4) is 0 Å². The first-order valence-electron chi connectivity index (χ1n) is 5.03. The minimum atomic E-state index is -0.0316. The molecule has 1 N–H and O–H groups in total. The molecule has 1 fully saturated rings. The molecule has 1 heterocycles. The van der Waals surface area contributed by atoms with Crippen molar-refractivity contribution in [2.24, 2.45) is 0 Å². The molecule has 0 aromatic heterocycles. The minimum absolute atomic E-state index is 0.0316. The molecular weight excluding hydrogens is 164 g/mol. The Balaban J connectivity index is 2.62. The summed E-state index contributed by atoms with van der Waals surface area (Å²) < 4.78 is 0. The van der Waals surface area contributed by atoms with Gasteiger partial charge in [-0.15, -0.1) is 0 Å². The molecular formula is C10H20N2O. The highest BCUT2D eigenvalue weighted by Gasteiger charge is 2.26. The first-order valence-corrected chi connectivity index (χ1v) is 5.03. The second-order valence-electron chi connectivity index (χ2n) is 4.60. The highest BCUT2D eigenvalue weighted by atomic mass is 16.2. The van der Waals surface area contributed by atoms with Gasteiger partial charge in [0, 0.05) is 12.1 Å². The molecule has 1 aliphatic heterocycles. The standard InChI is InChI=1S/C10H20N2O/c1-10(2,3)12-7-5-4-6-11-8-9(12)13/h11H,4-8H2,1-3H3. The molecule has 0 bridgehead atoms. The first-order chi connectivity index (χ1) is 6.02. The third kappa shape index (κ3) is 2.99. The topological polar surface area (TPSA) is 32.3 Å². The van der Waals surface area contributed by atoms with Gasteiger partial charge in [-0.25, -0.2) is 0 Å². The molecule has 1 saturated heterocycles. The van der Waals surface area contributed by atoms with Crippen LogP contribution in [0.4, 0.5) is 0 Å². The molecule has 0 radical (unpaired) electrons. The number of hydrogen-bond donors (Lipinski definition) is 1. The second-order valence-corrected chi connectivity index (χ2v) is 4.60. The summed E-state index contributed by atoms with van der Waals surface area (Å²) in [7, 11) is 0. The Morgan fingerprint density at radius 1 is 1.31 bits per heavy atom. The fourth-order valence-electron chi connectivity index (χ4n) is 1.64. The number of rotatable bonds is 0. The van der Waals surface area contributed by atoms with E-state index in [-0.39, 0.29) is 11.4 Å². The molecule has 0 aliphatic carbocycles. The monoisotopic (exact) mass is 184 g/mol. The predicted octanol–water partition coefficient (Wildman–Crippen LogP) is 0.997. The van der Waals surface area contributed by atoms with Crippen molar-refractivity contribution in [1.29, 1.82) is 0 Å². The lowest BCUT2D eigenvalue weighted by Crippen LogP contribution is -2.50. The van der Waals surface area contributed by atoms with Crippen LogP contribution in [0.3, 0.4) is 0 Å². The fraction of sp³-hybridized carbons (Fsp3) is 0.900. The van der Waals surface area contributed by atoms with Crippen LogP contribution in [0.25, 0.3) is 0 Å². The van der Waals surface area contributed by atoms with Crippen molar-refractivity contribution < 1.29 is 4.79 Å². The molecule has 3 nitrogen and oxygen atoms in total. The summed E-state index contributed by atoms with van der Waals surface area (Å²) in [6.07, 6.45) is 2.27. The van der Waals surface area contributed by atoms with Crippen molar-refractivity contribution in [3.63, 3.8) is 0 Å². The number of hydrogen-bond acceptors (Lipinski definition) is 2. The van der Waals surface area contributed by atoms with Crippen molar-refractivity contribution >= 4 is 5.91 Å². The Labute approximate surface area is 80.5 Å². The van der Waals surface area contributed by atoms with Crippen LogP contribution in [0, 0.1) is 0 Å². The van der Waals surface area contributed by atoms with Crippen LogP contribution in [0.15, 0.2) is 0 Å². The molecule has 0 spiro atoms. The van der Waals surface area contributed by atoms with Gasteiger partial charge in [-0.05, 0) is 40.2 Å². The Kier molecular flexibility index (Phi) is 3.31. The molecule has 13 heavy (non-hydrogen) atoms. The van der Waals surface area contributed by atoms with Crippen LogP contribution in [-0.4, -0.2) is 36.0 Å². The van der Waals surface area contributed by atoms with Gasteiger partial charge in [0.15, 0.2) is 0 Å². The molecule has 0 atom stereocenters. The molecule has 1 rings (SSSR count). The summed E-state index contributed by atoms with van der Waals surface area (Å²) in [4.78, 5) is 13.6. The molecule has 0 saturated carbocycles. The van der Waals surface area contributed by atoms with E-state index < -0.39 is 0 Å². The Hall–Kier alpha value is -0.570. The molecule has 3 heteroatoms. The van der Waals surface area contributed by atoms with Crippen LogP contribution >= 0.6 is 0 Å². The van der Waals surface area contributed by atoms with Crippen molar-refractivity contribution in [2.75, 3.05) is 19.6 Å². The van der Waals surface area contributed by atoms with Crippen LogP contribution in [0.5, 0.6) is 0 Å². The first kappa shape index (κ1) is 10.5. The number of carbonyl (C=O) groups excluding carboxylic acids is 1.